The number of nitrogen functional groups attached to an aromatic ring is 1. The summed E-state index contributed by atoms with van der Waals surface area (Å²) in [5.74, 6) is -0.171. The number of benzene rings is 1. The van der Waals surface area contributed by atoms with Crippen LogP contribution in [0.1, 0.15) is 36.0 Å². The number of carbonyl (C=O) groups excluding carboxylic acids is 1. The van der Waals surface area contributed by atoms with Gasteiger partial charge in [0, 0.05) is 12.2 Å². The van der Waals surface area contributed by atoms with Crippen molar-refractivity contribution < 1.29 is 9.18 Å². The van der Waals surface area contributed by atoms with E-state index in [9.17, 15) is 9.18 Å². The number of nitrogens with two attached hydrogens (primary N) is 1. The zero-order valence-electron chi connectivity index (χ0n) is 9.71. The monoisotopic (exact) mass is 236 g/mol. The average molecular weight is 236 g/mol. The molecule has 0 atom stereocenters. The normalized spacial score (nSPS) is 15.4. The Hall–Kier alpha value is -1.58. The molecule has 0 saturated heterocycles. The Balaban J connectivity index is 1.87. The number of rotatable bonds is 4. The number of carbonyl (C=O) groups is 1. The molecule has 0 bridgehead atoms. The number of nitrogens with one attached hydrogen (secondary N) is 1. The summed E-state index contributed by atoms with van der Waals surface area (Å²) in [6, 6.07) is 4.03. The molecule has 3 nitrogen and oxygen atoms in total. The van der Waals surface area contributed by atoms with Crippen LogP contribution in [0.3, 0.4) is 0 Å². The van der Waals surface area contributed by atoms with Gasteiger partial charge in [-0.05, 0) is 30.5 Å². The molecule has 1 aromatic carbocycles. The van der Waals surface area contributed by atoms with Gasteiger partial charge in [0.1, 0.15) is 5.82 Å². The van der Waals surface area contributed by atoms with Crippen molar-refractivity contribution in [3.63, 3.8) is 0 Å². The summed E-state index contributed by atoms with van der Waals surface area (Å²) >= 11 is 0. The first-order chi connectivity index (χ1) is 8.16. The van der Waals surface area contributed by atoms with E-state index in [0.29, 0.717) is 12.2 Å². The summed E-state index contributed by atoms with van der Waals surface area (Å²) in [6.07, 6.45) is 4.78. The lowest BCUT2D eigenvalue weighted by molar-refractivity contribution is 0.0945. The van der Waals surface area contributed by atoms with E-state index >= 15 is 0 Å². The van der Waals surface area contributed by atoms with Crippen molar-refractivity contribution in [1.82, 2.24) is 5.32 Å². The Morgan fingerprint density at radius 3 is 2.88 bits per heavy atom. The maximum atomic E-state index is 13.4. The van der Waals surface area contributed by atoms with Gasteiger partial charge in [-0.2, -0.15) is 0 Å². The Morgan fingerprint density at radius 2 is 2.24 bits per heavy atom. The molecule has 1 saturated carbocycles. The van der Waals surface area contributed by atoms with Gasteiger partial charge < -0.3 is 11.1 Å². The predicted molar refractivity (Wildman–Crippen MR) is 65.1 cm³/mol. The molecule has 4 heteroatoms. The van der Waals surface area contributed by atoms with E-state index in [1.54, 1.807) is 0 Å². The SMILES string of the molecule is Nc1ccc(F)c(C(=O)NCCC2CCC2)c1. The lowest BCUT2D eigenvalue weighted by Gasteiger charge is -2.25. The van der Waals surface area contributed by atoms with Gasteiger partial charge in [-0.25, -0.2) is 4.39 Å². The smallest absolute Gasteiger partial charge is 0.254 e. The van der Waals surface area contributed by atoms with E-state index in [1.165, 1.54) is 37.5 Å². The number of hydrogen-bond donors (Lipinski definition) is 2. The quantitative estimate of drug-likeness (QED) is 0.788. The van der Waals surface area contributed by atoms with Crippen molar-refractivity contribution in [2.24, 2.45) is 5.92 Å². The Labute approximate surface area is 100 Å². The second kappa shape index (κ2) is 5.17. The van der Waals surface area contributed by atoms with Gasteiger partial charge in [0.15, 0.2) is 0 Å². The van der Waals surface area contributed by atoms with Crippen LogP contribution in [0.5, 0.6) is 0 Å². The molecule has 1 fully saturated rings. The second-order valence-electron chi connectivity index (χ2n) is 4.58. The molecule has 1 aromatic rings. The van der Waals surface area contributed by atoms with Gasteiger partial charge in [-0.1, -0.05) is 19.3 Å². The van der Waals surface area contributed by atoms with Crippen molar-refractivity contribution in [3.8, 4) is 0 Å². The predicted octanol–water partition coefficient (Wildman–Crippen LogP) is 2.33. The van der Waals surface area contributed by atoms with Crippen LogP contribution < -0.4 is 11.1 Å². The van der Waals surface area contributed by atoms with Crippen LogP contribution in [0.4, 0.5) is 10.1 Å². The molecule has 3 N–H and O–H groups in total. The highest BCUT2D eigenvalue weighted by atomic mass is 19.1. The first-order valence-corrected chi connectivity index (χ1v) is 6.00. The van der Waals surface area contributed by atoms with Crippen molar-refractivity contribution in [1.29, 1.82) is 0 Å². The van der Waals surface area contributed by atoms with Crippen molar-refractivity contribution in [3.05, 3.63) is 29.6 Å². The second-order valence-corrected chi connectivity index (χ2v) is 4.58. The molecule has 92 valence electrons. The zero-order chi connectivity index (χ0) is 12.3. The molecule has 0 heterocycles. The largest absolute Gasteiger partial charge is 0.399 e. The molecule has 0 aromatic heterocycles. The van der Waals surface area contributed by atoms with Crippen LogP contribution in [0, 0.1) is 11.7 Å². The van der Waals surface area contributed by atoms with E-state index in [-0.39, 0.29) is 11.5 Å². The molecule has 17 heavy (non-hydrogen) atoms. The van der Waals surface area contributed by atoms with Crippen LogP contribution in [0.2, 0.25) is 0 Å². The van der Waals surface area contributed by atoms with Gasteiger partial charge in [0.25, 0.3) is 5.91 Å². The van der Waals surface area contributed by atoms with Gasteiger partial charge in [0.2, 0.25) is 0 Å². The van der Waals surface area contributed by atoms with E-state index in [4.69, 9.17) is 5.73 Å². The van der Waals surface area contributed by atoms with Crippen molar-refractivity contribution in [2.45, 2.75) is 25.7 Å². The molecular weight excluding hydrogens is 219 g/mol. The molecule has 1 aliphatic rings. The van der Waals surface area contributed by atoms with E-state index in [0.717, 1.165) is 12.3 Å². The fourth-order valence-electron chi connectivity index (χ4n) is 1.98. The third kappa shape index (κ3) is 2.96. The average Bonchev–Trinajstić information content (AvgIpc) is 2.25. The minimum absolute atomic E-state index is 0.0265. The van der Waals surface area contributed by atoms with Crippen LogP contribution in [0.15, 0.2) is 18.2 Å². The Morgan fingerprint density at radius 1 is 1.47 bits per heavy atom. The van der Waals surface area contributed by atoms with E-state index in [2.05, 4.69) is 5.32 Å². The standard InChI is InChI=1S/C13H17FN2O/c14-12-5-4-10(15)8-11(12)13(17)16-7-6-9-2-1-3-9/h4-5,8-9H,1-3,6-7,15H2,(H,16,17). The lowest BCUT2D eigenvalue weighted by Crippen LogP contribution is -2.28. The van der Waals surface area contributed by atoms with Crippen molar-refractivity contribution >= 4 is 11.6 Å². The van der Waals surface area contributed by atoms with Gasteiger partial charge in [0.05, 0.1) is 5.56 Å². The molecule has 0 unspecified atom stereocenters. The number of halogens is 1. The molecule has 1 aliphatic carbocycles. The van der Waals surface area contributed by atoms with E-state index < -0.39 is 5.82 Å². The van der Waals surface area contributed by atoms with Gasteiger partial charge in [-0.3, -0.25) is 4.79 Å². The lowest BCUT2D eigenvalue weighted by atomic mass is 9.83. The third-order valence-electron chi connectivity index (χ3n) is 3.30. The molecule has 0 aliphatic heterocycles. The summed E-state index contributed by atoms with van der Waals surface area (Å²) in [5, 5.41) is 2.73. The maximum absolute atomic E-state index is 13.4. The summed E-state index contributed by atoms with van der Waals surface area (Å²) in [5.41, 5.74) is 5.95. The molecule has 2 rings (SSSR count). The highest BCUT2D eigenvalue weighted by molar-refractivity contribution is 5.95. The third-order valence-corrected chi connectivity index (χ3v) is 3.30. The van der Waals surface area contributed by atoms with Crippen molar-refractivity contribution in [2.75, 3.05) is 12.3 Å². The number of amides is 1. The van der Waals surface area contributed by atoms with Gasteiger partial charge in [-0.15, -0.1) is 0 Å². The first kappa shape index (κ1) is 11.9. The minimum Gasteiger partial charge on any atom is -0.399 e. The maximum Gasteiger partial charge on any atom is 0.254 e. The topological polar surface area (TPSA) is 55.1 Å². The Bertz CT molecular complexity index is 416. The molecule has 1 amide bonds. The highest BCUT2D eigenvalue weighted by Crippen LogP contribution is 2.28. The molecular formula is C13H17FN2O. The summed E-state index contributed by atoms with van der Waals surface area (Å²) in [7, 11) is 0. The molecule has 0 radical (unpaired) electrons. The van der Waals surface area contributed by atoms with Crippen LogP contribution in [-0.4, -0.2) is 12.5 Å². The highest BCUT2D eigenvalue weighted by Gasteiger charge is 2.17. The summed E-state index contributed by atoms with van der Waals surface area (Å²) in [6.45, 7) is 0.609. The minimum atomic E-state index is -0.527. The van der Waals surface area contributed by atoms with E-state index in [1.807, 2.05) is 0 Å². The fraction of sp³-hybridized carbons (Fsp3) is 0.462. The summed E-state index contributed by atoms with van der Waals surface area (Å²) < 4.78 is 13.4. The number of hydrogen-bond acceptors (Lipinski definition) is 2. The van der Waals surface area contributed by atoms with Gasteiger partial charge >= 0.3 is 0 Å². The first-order valence-electron chi connectivity index (χ1n) is 6.00. The summed E-state index contributed by atoms with van der Waals surface area (Å²) in [4.78, 5) is 11.7. The van der Waals surface area contributed by atoms with Crippen LogP contribution in [-0.2, 0) is 0 Å². The zero-order valence-corrected chi connectivity index (χ0v) is 9.71. The van der Waals surface area contributed by atoms with Crippen LogP contribution >= 0.6 is 0 Å². The fourth-order valence-corrected chi connectivity index (χ4v) is 1.98. The Kier molecular flexibility index (Phi) is 3.61. The van der Waals surface area contributed by atoms with Crippen LogP contribution in [0.25, 0.3) is 0 Å². The molecule has 0 spiro atoms. The number of anilines is 1.